The summed E-state index contributed by atoms with van der Waals surface area (Å²) in [6.45, 7) is 4.35. The zero-order valence-electron chi connectivity index (χ0n) is 13.5. The molecule has 1 atom stereocenters. The van der Waals surface area contributed by atoms with Crippen molar-refractivity contribution in [2.75, 3.05) is 19.7 Å². The predicted octanol–water partition coefficient (Wildman–Crippen LogP) is 1.99. The molecule has 1 aliphatic heterocycles. The first-order valence-electron chi connectivity index (χ1n) is 8.12. The number of nitrogens with zero attached hydrogens (tertiary/aromatic N) is 4. The van der Waals surface area contributed by atoms with Crippen LogP contribution in [0.2, 0.25) is 0 Å². The molecule has 0 spiro atoms. The van der Waals surface area contributed by atoms with Crippen molar-refractivity contribution >= 4 is 16.8 Å². The molecule has 1 saturated heterocycles. The second kappa shape index (κ2) is 6.09. The molecule has 0 aliphatic carbocycles. The van der Waals surface area contributed by atoms with Crippen molar-refractivity contribution in [3.8, 4) is 0 Å². The molecule has 124 valence electrons. The quantitative estimate of drug-likeness (QED) is 0.799. The van der Waals surface area contributed by atoms with Gasteiger partial charge < -0.3 is 19.2 Å². The van der Waals surface area contributed by atoms with Gasteiger partial charge in [0, 0.05) is 24.0 Å². The van der Waals surface area contributed by atoms with Crippen LogP contribution in [-0.2, 0) is 11.3 Å². The van der Waals surface area contributed by atoms with Crippen LogP contribution in [0.5, 0.6) is 0 Å². The van der Waals surface area contributed by atoms with Crippen LogP contribution < -0.4 is 0 Å². The largest absolute Gasteiger partial charge is 0.366 e. The second-order valence-corrected chi connectivity index (χ2v) is 5.86. The number of ether oxygens (including phenoxy) is 1. The van der Waals surface area contributed by atoms with E-state index in [0.29, 0.717) is 25.4 Å². The number of amides is 1. The van der Waals surface area contributed by atoms with E-state index in [2.05, 4.69) is 15.2 Å². The zero-order valence-corrected chi connectivity index (χ0v) is 13.5. The standard InChI is InChI=1S/C17H19N5O2/c1-2-21-11-18-20-16(21)15-10-22(7-8-24-15)17(23)14-9-12-5-3-4-6-13(12)19-14/h3-6,9,11,15,19H,2,7-8,10H2,1H3/t15-/m1/s1. The van der Waals surface area contributed by atoms with E-state index in [1.165, 1.54) is 0 Å². The van der Waals surface area contributed by atoms with E-state index < -0.39 is 0 Å². The maximum absolute atomic E-state index is 12.8. The smallest absolute Gasteiger partial charge is 0.270 e. The molecule has 1 aromatic carbocycles. The van der Waals surface area contributed by atoms with Gasteiger partial charge in [-0.2, -0.15) is 0 Å². The Kier molecular flexibility index (Phi) is 3.78. The van der Waals surface area contributed by atoms with Crippen molar-refractivity contribution in [1.82, 2.24) is 24.6 Å². The van der Waals surface area contributed by atoms with E-state index in [9.17, 15) is 4.79 Å². The number of aryl methyl sites for hydroxylation is 1. The van der Waals surface area contributed by atoms with Gasteiger partial charge in [0.25, 0.3) is 5.91 Å². The number of aromatic nitrogens is 4. The maximum atomic E-state index is 12.8. The minimum Gasteiger partial charge on any atom is -0.366 e. The lowest BCUT2D eigenvalue weighted by Crippen LogP contribution is -2.43. The van der Waals surface area contributed by atoms with Crippen LogP contribution in [0.3, 0.4) is 0 Å². The molecular formula is C17H19N5O2. The Morgan fingerprint density at radius 1 is 1.42 bits per heavy atom. The first-order valence-corrected chi connectivity index (χ1v) is 8.12. The van der Waals surface area contributed by atoms with Crippen molar-refractivity contribution in [1.29, 1.82) is 0 Å². The fraction of sp³-hybridized carbons (Fsp3) is 0.353. The Balaban J connectivity index is 1.56. The third-order valence-electron chi connectivity index (χ3n) is 4.39. The number of hydrogen-bond donors (Lipinski definition) is 1. The van der Waals surface area contributed by atoms with E-state index in [0.717, 1.165) is 23.3 Å². The molecule has 2 aromatic heterocycles. The van der Waals surface area contributed by atoms with Gasteiger partial charge in [0.05, 0.1) is 13.2 Å². The van der Waals surface area contributed by atoms with E-state index in [1.54, 1.807) is 6.33 Å². The highest BCUT2D eigenvalue weighted by molar-refractivity contribution is 5.98. The Labute approximate surface area is 139 Å². The number of para-hydroxylation sites is 1. The molecule has 1 amide bonds. The first-order chi connectivity index (χ1) is 11.8. The fourth-order valence-electron chi connectivity index (χ4n) is 3.11. The van der Waals surface area contributed by atoms with Gasteiger partial charge in [-0.1, -0.05) is 18.2 Å². The zero-order chi connectivity index (χ0) is 16.5. The molecule has 3 heterocycles. The first kappa shape index (κ1) is 14.9. The summed E-state index contributed by atoms with van der Waals surface area (Å²) in [6, 6.07) is 9.78. The van der Waals surface area contributed by atoms with Crippen LogP contribution in [0.1, 0.15) is 29.3 Å². The molecule has 7 nitrogen and oxygen atoms in total. The number of nitrogens with one attached hydrogen (secondary N) is 1. The average molecular weight is 325 g/mol. The molecule has 4 rings (SSSR count). The predicted molar refractivity (Wildman–Crippen MR) is 88.6 cm³/mol. The number of H-pyrrole nitrogens is 1. The summed E-state index contributed by atoms with van der Waals surface area (Å²) in [5.41, 5.74) is 1.57. The van der Waals surface area contributed by atoms with Gasteiger partial charge in [-0.3, -0.25) is 4.79 Å². The summed E-state index contributed by atoms with van der Waals surface area (Å²) in [6.07, 6.45) is 1.45. The molecule has 0 saturated carbocycles. The Bertz CT molecular complexity index is 836. The monoisotopic (exact) mass is 325 g/mol. The van der Waals surface area contributed by atoms with Crippen LogP contribution in [0.4, 0.5) is 0 Å². The highest BCUT2D eigenvalue weighted by Crippen LogP contribution is 2.23. The van der Waals surface area contributed by atoms with Gasteiger partial charge in [0.2, 0.25) is 0 Å². The summed E-state index contributed by atoms with van der Waals surface area (Å²) >= 11 is 0. The average Bonchev–Trinajstić information content (AvgIpc) is 3.27. The number of benzene rings is 1. The van der Waals surface area contributed by atoms with Gasteiger partial charge in [0.15, 0.2) is 5.82 Å². The van der Waals surface area contributed by atoms with Crippen LogP contribution in [0.25, 0.3) is 10.9 Å². The molecule has 24 heavy (non-hydrogen) atoms. The molecule has 3 aromatic rings. The van der Waals surface area contributed by atoms with Crippen molar-refractivity contribution in [3.63, 3.8) is 0 Å². The summed E-state index contributed by atoms with van der Waals surface area (Å²) in [5, 5.41) is 9.14. The lowest BCUT2D eigenvalue weighted by Gasteiger charge is -2.32. The normalized spacial score (nSPS) is 18.2. The van der Waals surface area contributed by atoms with Crippen LogP contribution in [0.15, 0.2) is 36.7 Å². The van der Waals surface area contributed by atoms with E-state index in [-0.39, 0.29) is 12.0 Å². The van der Waals surface area contributed by atoms with Gasteiger partial charge in [-0.25, -0.2) is 0 Å². The third-order valence-corrected chi connectivity index (χ3v) is 4.39. The maximum Gasteiger partial charge on any atom is 0.270 e. The molecule has 0 radical (unpaired) electrons. The topological polar surface area (TPSA) is 76.0 Å². The number of fused-ring (bicyclic) bond motifs is 1. The SMILES string of the molecule is CCn1cnnc1[C@H]1CN(C(=O)c2cc3ccccc3[nH]2)CCO1. The molecule has 1 fully saturated rings. The van der Waals surface area contributed by atoms with E-state index in [4.69, 9.17) is 4.74 Å². The highest BCUT2D eigenvalue weighted by Gasteiger charge is 2.29. The number of carbonyl (C=O) groups is 1. The highest BCUT2D eigenvalue weighted by atomic mass is 16.5. The number of morpholine rings is 1. The summed E-state index contributed by atoms with van der Waals surface area (Å²) in [4.78, 5) is 17.8. The summed E-state index contributed by atoms with van der Waals surface area (Å²) < 4.78 is 7.76. The molecule has 1 N–H and O–H groups in total. The molecule has 0 bridgehead atoms. The minimum atomic E-state index is -0.241. The van der Waals surface area contributed by atoms with E-state index in [1.807, 2.05) is 46.7 Å². The van der Waals surface area contributed by atoms with Crippen molar-refractivity contribution < 1.29 is 9.53 Å². The summed E-state index contributed by atoms with van der Waals surface area (Å²) in [7, 11) is 0. The number of rotatable bonds is 3. The Hall–Kier alpha value is -2.67. The Morgan fingerprint density at radius 2 is 2.29 bits per heavy atom. The van der Waals surface area contributed by atoms with Gasteiger partial charge in [-0.15, -0.1) is 10.2 Å². The molecule has 1 aliphatic rings. The molecular weight excluding hydrogens is 306 g/mol. The number of carbonyl (C=O) groups excluding carboxylic acids is 1. The van der Waals surface area contributed by atoms with Crippen molar-refractivity contribution in [2.45, 2.75) is 19.6 Å². The Morgan fingerprint density at radius 3 is 3.12 bits per heavy atom. The van der Waals surface area contributed by atoms with Crippen LogP contribution in [0, 0.1) is 0 Å². The lowest BCUT2D eigenvalue weighted by molar-refractivity contribution is -0.0285. The fourth-order valence-corrected chi connectivity index (χ4v) is 3.11. The van der Waals surface area contributed by atoms with Crippen molar-refractivity contribution in [3.05, 3.63) is 48.2 Å². The third kappa shape index (κ3) is 2.56. The summed E-state index contributed by atoms with van der Waals surface area (Å²) in [5.74, 6) is 0.758. The second-order valence-electron chi connectivity index (χ2n) is 5.86. The molecule has 7 heteroatoms. The van der Waals surface area contributed by atoms with Crippen LogP contribution >= 0.6 is 0 Å². The minimum absolute atomic E-state index is 0.0120. The van der Waals surface area contributed by atoms with Gasteiger partial charge in [-0.05, 0) is 19.1 Å². The van der Waals surface area contributed by atoms with Crippen molar-refractivity contribution in [2.24, 2.45) is 0 Å². The van der Waals surface area contributed by atoms with Gasteiger partial charge >= 0.3 is 0 Å². The number of aromatic amines is 1. The van der Waals surface area contributed by atoms with Gasteiger partial charge in [0.1, 0.15) is 18.1 Å². The lowest BCUT2D eigenvalue weighted by atomic mass is 10.2. The molecule has 0 unspecified atom stereocenters. The number of hydrogen-bond acceptors (Lipinski definition) is 4. The van der Waals surface area contributed by atoms with E-state index >= 15 is 0 Å². The van der Waals surface area contributed by atoms with Crippen LogP contribution in [-0.4, -0.2) is 50.3 Å².